The summed E-state index contributed by atoms with van der Waals surface area (Å²) in [6.45, 7) is 0. The first kappa shape index (κ1) is 13.7. The molecule has 0 saturated carbocycles. The molecule has 0 amide bonds. The van der Waals surface area contributed by atoms with Crippen LogP contribution in [0.2, 0.25) is 0 Å². The summed E-state index contributed by atoms with van der Waals surface area (Å²) in [7, 11) is 1.55. The number of aromatic carboxylic acids is 1. The maximum Gasteiger partial charge on any atom is 0.340 e. The van der Waals surface area contributed by atoms with Crippen molar-refractivity contribution < 1.29 is 19.0 Å². The number of ether oxygens (including phenoxy) is 1. The molecule has 0 aliphatic heterocycles. The fourth-order valence-electron chi connectivity index (χ4n) is 1.76. The van der Waals surface area contributed by atoms with Gasteiger partial charge in [0.15, 0.2) is 0 Å². The van der Waals surface area contributed by atoms with E-state index in [2.05, 4.69) is 5.32 Å². The smallest absolute Gasteiger partial charge is 0.340 e. The highest BCUT2D eigenvalue weighted by atomic mass is 19.1. The number of methoxy groups -OCH3 is 1. The lowest BCUT2D eigenvalue weighted by molar-refractivity contribution is 0.0698. The molecule has 0 aromatic heterocycles. The third kappa shape index (κ3) is 2.64. The molecule has 2 rings (SSSR count). The number of carboxylic acids is 1. The third-order valence-corrected chi connectivity index (χ3v) is 2.78. The lowest BCUT2D eigenvalue weighted by Gasteiger charge is -2.12. The predicted octanol–water partition coefficient (Wildman–Crippen LogP) is 2.86. The summed E-state index contributed by atoms with van der Waals surface area (Å²) in [5.41, 5.74) is 5.65. The van der Waals surface area contributed by atoms with Crippen LogP contribution in [0.25, 0.3) is 0 Å². The van der Waals surface area contributed by atoms with Crippen LogP contribution in [0.1, 0.15) is 10.4 Å². The van der Waals surface area contributed by atoms with E-state index in [9.17, 15) is 9.18 Å². The molecule has 0 aliphatic rings. The highest BCUT2D eigenvalue weighted by Crippen LogP contribution is 2.28. The van der Waals surface area contributed by atoms with Crippen LogP contribution in [0.4, 0.5) is 21.5 Å². The van der Waals surface area contributed by atoms with Crippen LogP contribution >= 0.6 is 0 Å². The molecule has 20 heavy (non-hydrogen) atoms. The Morgan fingerprint density at radius 2 is 1.90 bits per heavy atom. The van der Waals surface area contributed by atoms with E-state index in [1.807, 2.05) is 0 Å². The number of nitrogens with two attached hydrogens (primary N) is 1. The molecule has 0 aliphatic carbocycles. The van der Waals surface area contributed by atoms with E-state index in [0.29, 0.717) is 11.4 Å². The Morgan fingerprint density at radius 1 is 1.25 bits per heavy atom. The minimum Gasteiger partial charge on any atom is -0.497 e. The number of benzene rings is 2. The van der Waals surface area contributed by atoms with Crippen LogP contribution in [0.5, 0.6) is 5.75 Å². The molecule has 0 heterocycles. The van der Waals surface area contributed by atoms with Gasteiger partial charge in [0.1, 0.15) is 17.1 Å². The van der Waals surface area contributed by atoms with E-state index >= 15 is 0 Å². The van der Waals surface area contributed by atoms with Crippen LogP contribution in [-0.4, -0.2) is 18.2 Å². The first-order valence-corrected chi connectivity index (χ1v) is 5.75. The van der Waals surface area contributed by atoms with Gasteiger partial charge in [-0.2, -0.15) is 0 Å². The minimum atomic E-state index is -1.29. The van der Waals surface area contributed by atoms with Crippen molar-refractivity contribution in [3.05, 3.63) is 47.8 Å². The van der Waals surface area contributed by atoms with E-state index in [0.717, 1.165) is 6.07 Å². The molecule has 5 nitrogen and oxygen atoms in total. The van der Waals surface area contributed by atoms with E-state index in [4.69, 9.17) is 15.6 Å². The van der Waals surface area contributed by atoms with Gasteiger partial charge in [0, 0.05) is 5.69 Å². The van der Waals surface area contributed by atoms with Crippen molar-refractivity contribution in [1.29, 1.82) is 0 Å². The zero-order valence-electron chi connectivity index (χ0n) is 10.7. The van der Waals surface area contributed by atoms with Gasteiger partial charge < -0.3 is 20.9 Å². The van der Waals surface area contributed by atoms with E-state index in [-0.39, 0.29) is 11.3 Å². The van der Waals surface area contributed by atoms with Crippen molar-refractivity contribution in [2.75, 3.05) is 18.2 Å². The van der Waals surface area contributed by atoms with Crippen molar-refractivity contribution >= 4 is 23.0 Å². The van der Waals surface area contributed by atoms with Gasteiger partial charge in [-0.15, -0.1) is 0 Å². The highest BCUT2D eigenvalue weighted by molar-refractivity contribution is 6.00. The molecule has 0 atom stereocenters. The number of halogens is 1. The Balaban J connectivity index is 2.37. The minimum absolute atomic E-state index is 0.224. The number of anilines is 3. The molecule has 0 bridgehead atoms. The molecule has 6 heteroatoms. The summed E-state index contributed by atoms with van der Waals surface area (Å²) in [5.74, 6) is -1.38. The van der Waals surface area contributed by atoms with Crippen molar-refractivity contribution in [1.82, 2.24) is 0 Å². The molecule has 0 unspecified atom stereocenters. The summed E-state index contributed by atoms with van der Waals surface area (Å²) in [5, 5.41) is 12.0. The lowest BCUT2D eigenvalue weighted by Crippen LogP contribution is -2.08. The zero-order valence-corrected chi connectivity index (χ0v) is 10.7. The third-order valence-electron chi connectivity index (χ3n) is 2.78. The molecule has 4 N–H and O–H groups in total. The average molecular weight is 276 g/mol. The largest absolute Gasteiger partial charge is 0.497 e. The molecule has 104 valence electrons. The number of carboxylic acid groups (broad SMARTS) is 1. The van der Waals surface area contributed by atoms with Crippen molar-refractivity contribution in [3.63, 3.8) is 0 Å². The molecule has 2 aromatic rings. The number of nitrogen functional groups attached to an aromatic ring is 1. The van der Waals surface area contributed by atoms with Gasteiger partial charge in [0.25, 0.3) is 0 Å². The lowest BCUT2D eigenvalue weighted by atomic mass is 10.1. The van der Waals surface area contributed by atoms with Crippen molar-refractivity contribution in [3.8, 4) is 5.75 Å². The molecule has 0 spiro atoms. The fraction of sp³-hybridized carbons (Fsp3) is 0.0714. The van der Waals surface area contributed by atoms with E-state index in [1.165, 1.54) is 6.07 Å². The van der Waals surface area contributed by atoms with Crippen LogP contribution in [0.15, 0.2) is 36.4 Å². The van der Waals surface area contributed by atoms with Gasteiger partial charge in [-0.25, -0.2) is 9.18 Å². The summed E-state index contributed by atoms with van der Waals surface area (Å²) in [4.78, 5) is 11.2. The zero-order chi connectivity index (χ0) is 14.7. The number of nitrogens with one attached hydrogen (secondary N) is 1. The normalized spacial score (nSPS) is 10.1. The van der Waals surface area contributed by atoms with Crippen LogP contribution in [0.3, 0.4) is 0 Å². The van der Waals surface area contributed by atoms with Crippen molar-refractivity contribution in [2.24, 2.45) is 0 Å². The van der Waals surface area contributed by atoms with Gasteiger partial charge in [0.2, 0.25) is 0 Å². The molecular weight excluding hydrogens is 263 g/mol. The van der Waals surface area contributed by atoms with Gasteiger partial charge in [-0.05, 0) is 36.4 Å². The molecule has 0 fully saturated rings. The highest BCUT2D eigenvalue weighted by Gasteiger charge is 2.17. The van der Waals surface area contributed by atoms with Gasteiger partial charge in [-0.1, -0.05) is 0 Å². The summed E-state index contributed by atoms with van der Waals surface area (Å²) in [6, 6.07) is 9.31. The van der Waals surface area contributed by atoms with Gasteiger partial charge in [-0.3, -0.25) is 0 Å². The number of carbonyl (C=O) groups is 1. The van der Waals surface area contributed by atoms with E-state index < -0.39 is 17.5 Å². The monoisotopic (exact) mass is 276 g/mol. The standard InChI is InChI=1S/C14H13FN2O3/c1-20-9-4-2-8(3-5-9)17-11-7-6-10(15)13(16)12(11)14(18)19/h2-7,17H,16H2,1H3,(H,18,19). The molecule has 0 radical (unpaired) electrons. The Labute approximate surface area is 114 Å². The fourth-order valence-corrected chi connectivity index (χ4v) is 1.76. The average Bonchev–Trinajstić information content (AvgIpc) is 2.43. The Bertz CT molecular complexity index is 642. The topological polar surface area (TPSA) is 84.6 Å². The van der Waals surface area contributed by atoms with Crippen LogP contribution in [0, 0.1) is 5.82 Å². The van der Waals surface area contributed by atoms with Crippen LogP contribution in [-0.2, 0) is 0 Å². The van der Waals surface area contributed by atoms with Gasteiger partial charge >= 0.3 is 5.97 Å². The SMILES string of the molecule is COc1ccc(Nc2ccc(F)c(N)c2C(=O)O)cc1. The molecule has 2 aromatic carbocycles. The maximum absolute atomic E-state index is 13.3. The first-order chi connectivity index (χ1) is 9.52. The maximum atomic E-state index is 13.3. The first-order valence-electron chi connectivity index (χ1n) is 5.75. The predicted molar refractivity (Wildman–Crippen MR) is 74.0 cm³/mol. The Kier molecular flexibility index (Phi) is 3.74. The summed E-state index contributed by atoms with van der Waals surface area (Å²) >= 11 is 0. The summed E-state index contributed by atoms with van der Waals surface area (Å²) in [6.07, 6.45) is 0. The number of hydrogen-bond acceptors (Lipinski definition) is 4. The van der Waals surface area contributed by atoms with Gasteiger partial charge in [0.05, 0.1) is 18.5 Å². The molecular formula is C14H13FN2O3. The Morgan fingerprint density at radius 3 is 2.45 bits per heavy atom. The Hall–Kier alpha value is -2.76. The second kappa shape index (κ2) is 5.48. The van der Waals surface area contributed by atoms with Crippen molar-refractivity contribution in [2.45, 2.75) is 0 Å². The van der Waals surface area contributed by atoms with Crippen LogP contribution < -0.4 is 15.8 Å². The number of hydrogen-bond donors (Lipinski definition) is 3. The van der Waals surface area contributed by atoms with E-state index in [1.54, 1.807) is 31.4 Å². The molecule has 0 saturated heterocycles. The second-order valence-electron chi connectivity index (χ2n) is 4.04. The quantitative estimate of drug-likeness (QED) is 0.748. The second-order valence-corrected chi connectivity index (χ2v) is 4.04. The summed E-state index contributed by atoms with van der Waals surface area (Å²) < 4.78 is 18.3. The number of rotatable bonds is 4.